The normalized spacial score (nSPS) is 24.6. The Labute approximate surface area is 262 Å². The summed E-state index contributed by atoms with van der Waals surface area (Å²) < 4.78 is 10.6. The lowest BCUT2D eigenvalue weighted by Crippen LogP contribution is -2.51. The van der Waals surface area contributed by atoms with E-state index in [0.29, 0.717) is 48.0 Å². The smallest absolute Gasteiger partial charge is 0.254 e. The summed E-state index contributed by atoms with van der Waals surface area (Å²) in [7, 11) is 1.67. The number of ether oxygens (including phenoxy) is 1. The standard InChI is InChI=1S/C35H41N7O3/c1-45-29-14-25(35(44)41-19-24-8-9-27(41)31(24)36)12-26-32(29)42(18-22-15-39(16-22)30(43)11-20-4-5-20)34(38-26)28-13-23-3-2-10-37-33(23)40(28)17-21-6-7-21/h2-3,10,12-14,20-22,24,27,31H,4-9,11,15-19,36H2,1H3/t24-,27-,31-/m1/s1. The van der Waals surface area contributed by atoms with Crippen LogP contribution < -0.4 is 10.5 Å². The van der Waals surface area contributed by atoms with Crippen molar-refractivity contribution in [3.8, 4) is 17.3 Å². The highest BCUT2D eigenvalue weighted by Crippen LogP contribution is 2.41. The Balaban J connectivity index is 1.13. The van der Waals surface area contributed by atoms with Gasteiger partial charge in [-0.15, -0.1) is 0 Å². The van der Waals surface area contributed by atoms with Crippen LogP contribution in [-0.2, 0) is 17.9 Å². The predicted molar refractivity (Wildman–Crippen MR) is 171 cm³/mol. The quantitative estimate of drug-likeness (QED) is 0.304. The summed E-state index contributed by atoms with van der Waals surface area (Å²) in [4.78, 5) is 40.7. The molecule has 2 amide bonds. The molecule has 2 bridgehead atoms. The summed E-state index contributed by atoms with van der Waals surface area (Å²) in [5.41, 5.74) is 10.7. The van der Waals surface area contributed by atoms with Crippen LogP contribution in [0.5, 0.6) is 5.75 Å². The maximum atomic E-state index is 13.9. The number of aromatic nitrogens is 4. The van der Waals surface area contributed by atoms with E-state index in [1.54, 1.807) is 7.11 Å². The molecule has 5 fully saturated rings. The number of carbonyl (C=O) groups is 2. The molecule has 3 atom stereocenters. The van der Waals surface area contributed by atoms with Gasteiger partial charge in [-0.3, -0.25) is 9.59 Å². The van der Waals surface area contributed by atoms with Gasteiger partial charge < -0.3 is 29.4 Å². The van der Waals surface area contributed by atoms with Crippen LogP contribution in [0.3, 0.4) is 0 Å². The number of likely N-dealkylation sites (tertiary alicyclic amines) is 2. The first kappa shape index (κ1) is 27.4. The Bertz CT molecular complexity index is 1830. The van der Waals surface area contributed by atoms with E-state index in [2.05, 4.69) is 21.3 Å². The Morgan fingerprint density at radius 1 is 0.956 bits per heavy atom. The number of amides is 2. The fourth-order valence-electron chi connectivity index (χ4n) is 8.19. The summed E-state index contributed by atoms with van der Waals surface area (Å²) in [5.74, 6) is 3.74. The van der Waals surface area contributed by atoms with Crippen molar-refractivity contribution in [1.29, 1.82) is 0 Å². The van der Waals surface area contributed by atoms with Gasteiger partial charge in [-0.25, -0.2) is 9.97 Å². The van der Waals surface area contributed by atoms with Crippen molar-refractivity contribution in [1.82, 2.24) is 28.9 Å². The first-order chi connectivity index (χ1) is 21.9. The van der Waals surface area contributed by atoms with Crippen LogP contribution in [0.2, 0.25) is 0 Å². The minimum Gasteiger partial charge on any atom is -0.494 e. The largest absolute Gasteiger partial charge is 0.494 e. The molecule has 1 aromatic carbocycles. The van der Waals surface area contributed by atoms with Crippen LogP contribution in [0.1, 0.15) is 55.3 Å². The number of hydrogen-bond donors (Lipinski definition) is 1. The Morgan fingerprint density at radius 3 is 2.47 bits per heavy atom. The SMILES string of the molecule is COc1cc(C(=O)N2C[C@H]3CC[C@@H]2[C@@H]3N)cc2nc(-c3cc4cccnc4n3CC3CC3)n(CC3CN(C(=O)CC4CC4)C3)c12. The van der Waals surface area contributed by atoms with Gasteiger partial charge in [0, 0.05) is 74.3 Å². The van der Waals surface area contributed by atoms with Crippen LogP contribution in [0.4, 0.5) is 0 Å². The van der Waals surface area contributed by atoms with Crippen molar-refractivity contribution in [2.24, 2.45) is 29.4 Å². The van der Waals surface area contributed by atoms with Gasteiger partial charge in [-0.05, 0) is 86.6 Å². The number of methoxy groups -OCH3 is 1. The molecule has 10 heteroatoms. The molecule has 3 aromatic heterocycles. The van der Waals surface area contributed by atoms with E-state index >= 15 is 0 Å². The van der Waals surface area contributed by atoms with E-state index in [9.17, 15) is 9.59 Å². The zero-order chi connectivity index (χ0) is 30.4. The Kier molecular flexibility index (Phi) is 6.27. The fourth-order valence-corrected chi connectivity index (χ4v) is 8.19. The summed E-state index contributed by atoms with van der Waals surface area (Å²) in [6.07, 6.45) is 9.46. The first-order valence-corrected chi connectivity index (χ1v) is 16.8. The maximum Gasteiger partial charge on any atom is 0.254 e. The van der Waals surface area contributed by atoms with E-state index in [4.69, 9.17) is 20.4 Å². The minimum atomic E-state index is 0.00445. The molecule has 2 aliphatic heterocycles. The summed E-state index contributed by atoms with van der Waals surface area (Å²) >= 11 is 0. The van der Waals surface area contributed by atoms with Crippen molar-refractivity contribution in [3.63, 3.8) is 0 Å². The zero-order valence-electron chi connectivity index (χ0n) is 25.9. The van der Waals surface area contributed by atoms with Crippen LogP contribution >= 0.6 is 0 Å². The molecule has 4 aromatic rings. The number of fused-ring (bicyclic) bond motifs is 4. The second-order valence-electron chi connectivity index (χ2n) is 14.3. The molecule has 5 heterocycles. The number of nitrogens with two attached hydrogens (primary N) is 1. The molecule has 0 radical (unpaired) electrons. The fraction of sp³-hybridized carbons (Fsp3) is 0.543. The molecular weight excluding hydrogens is 566 g/mol. The van der Waals surface area contributed by atoms with Crippen molar-refractivity contribution in [2.75, 3.05) is 26.7 Å². The van der Waals surface area contributed by atoms with E-state index in [-0.39, 0.29) is 23.9 Å². The van der Waals surface area contributed by atoms with Gasteiger partial charge in [-0.1, -0.05) is 0 Å². The van der Waals surface area contributed by atoms with Gasteiger partial charge in [0.1, 0.15) is 16.9 Å². The lowest BCUT2D eigenvalue weighted by atomic mass is 9.98. The van der Waals surface area contributed by atoms with Gasteiger partial charge in [0.2, 0.25) is 5.91 Å². The number of imidazole rings is 1. The second-order valence-corrected chi connectivity index (χ2v) is 14.3. The van der Waals surface area contributed by atoms with E-state index < -0.39 is 0 Å². The predicted octanol–water partition coefficient (Wildman–Crippen LogP) is 4.29. The molecule has 2 N–H and O–H groups in total. The Morgan fingerprint density at radius 2 is 1.76 bits per heavy atom. The highest BCUT2D eigenvalue weighted by atomic mass is 16.5. The average Bonchev–Trinajstić information content (AvgIpc) is 3.91. The third-order valence-corrected chi connectivity index (χ3v) is 11.1. The van der Waals surface area contributed by atoms with Gasteiger partial charge in [0.15, 0.2) is 5.82 Å². The monoisotopic (exact) mass is 607 g/mol. The summed E-state index contributed by atoms with van der Waals surface area (Å²) in [5, 5.41) is 1.09. The van der Waals surface area contributed by atoms with Gasteiger partial charge in [0.25, 0.3) is 5.91 Å². The topological polar surface area (TPSA) is 112 Å². The zero-order valence-corrected chi connectivity index (χ0v) is 25.9. The maximum absolute atomic E-state index is 13.9. The number of pyridine rings is 1. The minimum absolute atomic E-state index is 0.00445. The van der Waals surface area contributed by atoms with E-state index in [1.165, 1.54) is 25.7 Å². The number of nitrogens with zero attached hydrogens (tertiary/aromatic N) is 6. The number of piperidine rings is 1. The summed E-state index contributed by atoms with van der Waals surface area (Å²) in [6, 6.07) is 10.3. The summed E-state index contributed by atoms with van der Waals surface area (Å²) in [6.45, 7) is 3.86. The van der Waals surface area contributed by atoms with Crippen molar-refractivity contribution in [3.05, 3.63) is 42.1 Å². The Hall–Kier alpha value is -3.92. The van der Waals surface area contributed by atoms with Crippen LogP contribution in [0, 0.1) is 23.7 Å². The van der Waals surface area contributed by atoms with Gasteiger partial charge in [-0.2, -0.15) is 0 Å². The lowest BCUT2D eigenvalue weighted by Gasteiger charge is -2.40. The van der Waals surface area contributed by atoms with Crippen molar-refractivity contribution in [2.45, 2.75) is 70.1 Å². The van der Waals surface area contributed by atoms with E-state index in [0.717, 1.165) is 72.6 Å². The first-order valence-electron chi connectivity index (χ1n) is 16.8. The number of rotatable bonds is 9. The molecule has 0 unspecified atom stereocenters. The van der Waals surface area contributed by atoms with Crippen molar-refractivity contribution < 1.29 is 14.3 Å². The second kappa shape index (κ2) is 10.3. The highest BCUT2D eigenvalue weighted by molar-refractivity contribution is 6.00. The molecular formula is C35H41N7O3. The number of carbonyl (C=O) groups excluding carboxylic acids is 2. The van der Waals surface area contributed by atoms with Crippen LogP contribution in [0.25, 0.3) is 33.6 Å². The molecule has 234 valence electrons. The third kappa shape index (κ3) is 4.63. The van der Waals surface area contributed by atoms with Crippen molar-refractivity contribution >= 4 is 33.9 Å². The average molecular weight is 608 g/mol. The molecule has 0 spiro atoms. The third-order valence-electron chi connectivity index (χ3n) is 11.1. The molecule has 10 nitrogen and oxygen atoms in total. The molecule has 3 aliphatic carbocycles. The van der Waals surface area contributed by atoms with Crippen LogP contribution in [0.15, 0.2) is 36.5 Å². The molecule has 45 heavy (non-hydrogen) atoms. The van der Waals surface area contributed by atoms with Gasteiger partial charge in [0.05, 0.1) is 18.3 Å². The van der Waals surface area contributed by atoms with E-state index in [1.807, 2.05) is 34.2 Å². The van der Waals surface area contributed by atoms with Crippen LogP contribution in [-0.4, -0.2) is 79.5 Å². The molecule has 5 aliphatic rings. The molecule has 3 saturated carbocycles. The molecule has 9 rings (SSSR count). The highest BCUT2D eigenvalue weighted by Gasteiger charge is 2.47. The number of hydrogen-bond acceptors (Lipinski definition) is 6. The van der Waals surface area contributed by atoms with Gasteiger partial charge >= 0.3 is 0 Å². The lowest BCUT2D eigenvalue weighted by molar-refractivity contribution is -0.138. The number of benzene rings is 1. The molecule has 2 saturated heterocycles.